The summed E-state index contributed by atoms with van der Waals surface area (Å²) < 4.78 is 4.61. The van der Waals surface area contributed by atoms with Gasteiger partial charge in [-0.2, -0.15) is 0 Å². The third-order valence-corrected chi connectivity index (χ3v) is 2.64. The molecule has 18 heavy (non-hydrogen) atoms. The molecule has 0 atom stereocenters. The smallest absolute Gasteiger partial charge is 0.337 e. The van der Waals surface area contributed by atoms with E-state index in [4.69, 9.17) is 0 Å². The molecular formula is C13H18N2O3. The fourth-order valence-electron chi connectivity index (χ4n) is 1.48. The minimum absolute atomic E-state index is 0.0233. The minimum Gasteiger partial charge on any atom is -0.465 e. The van der Waals surface area contributed by atoms with E-state index in [0.29, 0.717) is 18.5 Å². The fraction of sp³-hybridized carbons (Fsp3) is 0.385. The number of ether oxygens (including phenoxy) is 1. The van der Waals surface area contributed by atoms with Gasteiger partial charge in [0.05, 0.1) is 12.7 Å². The quantitative estimate of drug-likeness (QED) is 0.793. The Bertz CT molecular complexity index is 415. The van der Waals surface area contributed by atoms with Crippen LogP contribution in [-0.4, -0.2) is 39.6 Å². The van der Waals surface area contributed by atoms with E-state index in [0.717, 1.165) is 5.69 Å². The van der Waals surface area contributed by atoms with Gasteiger partial charge >= 0.3 is 5.97 Å². The topological polar surface area (TPSA) is 58.6 Å². The highest BCUT2D eigenvalue weighted by molar-refractivity contribution is 5.94. The molecule has 0 aliphatic rings. The molecular weight excluding hydrogens is 232 g/mol. The summed E-state index contributed by atoms with van der Waals surface area (Å²) in [6, 6.07) is 6.74. The third-order valence-electron chi connectivity index (χ3n) is 2.64. The Morgan fingerprint density at radius 1 is 1.28 bits per heavy atom. The van der Waals surface area contributed by atoms with Crippen LogP contribution in [0, 0.1) is 0 Å². The Balaban J connectivity index is 2.72. The number of carbonyl (C=O) groups is 2. The number of carbonyl (C=O) groups excluding carboxylic acids is 2. The van der Waals surface area contributed by atoms with Gasteiger partial charge < -0.3 is 15.0 Å². The SMILES string of the molecule is CNCCC(=O)N(C)c1ccc(C(=O)OC)cc1. The number of hydrogen-bond donors (Lipinski definition) is 1. The maximum atomic E-state index is 11.8. The molecule has 0 heterocycles. The number of rotatable bonds is 5. The Hall–Kier alpha value is -1.88. The van der Waals surface area contributed by atoms with Gasteiger partial charge in [-0.3, -0.25) is 4.79 Å². The van der Waals surface area contributed by atoms with Crippen LogP contribution in [0.15, 0.2) is 24.3 Å². The number of benzene rings is 1. The van der Waals surface area contributed by atoms with Crippen molar-refractivity contribution >= 4 is 17.6 Å². The Kier molecular flexibility index (Phi) is 5.32. The van der Waals surface area contributed by atoms with Crippen LogP contribution < -0.4 is 10.2 Å². The number of nitrogens with zero attached hydrogens (tertiary/aromatic N) is 1. The van der Waals surface area contributed by atoms with Gasteiger partial charge in [-0.1, -0.05) is 0 Å². The van der Waals surface area contributed by atoms with Crippen molar-refractivity contribution in [3.05, 3.63) is 29.8 Å². The van der Waals surface area contributed by atoms with Crippen molar-refractivity contribution in [1.82, 2.24) is 5.32 Å². The van der Waals surface area contributed by atoms with E-state index >= 15 is 0 Å². The van der Waals surface area contributed by atoms with Gasteiger partial charge in [0, 0.05) is 25.7 Å². The molecule has 0 saturated heterocycles. The molecule has 0 spiro atoms. The Morgan fingerprint density at radius 3 is 2.39 bits per heavy atom. The second kappa shape index (κ2) is 6.76. The maximum absolute atomic E-state index is 11.8. The molecule has 1 rings (SSSR count). The number of anilines is 1. The summed E-state index contributed by atoms with van der Waals surface area (Å²) in [6.45, 7) is 0.642. The van der Waals surface area contributed by atoms with Crippen molar-refractivity contribution < 1.29 is 14.3 Å². The number of esters is 1. The molecule has 0 aliphatic carbocycles. The van der Waals surface area contributed by atoms with Crippen LogP contribution in [0.2, 0.25) is 0 Å². The van der Waals surface area contributed by atoms with Crippen LogP contribution in [0.25, 0.3) is 0 Å². The van der Waals surface area contributed by atoms with Crippen molar-refractivity contribution in [2.24, 2.45) is 0 Å². The lowest BCUT2D eigenvalue weighted by atomic mass is 10.2. The van der Waals surface area contributed by atoms with Crippen LogP contribution in [-0.2, 0) is 9.53 Å². The van der Waals surface area contributed by atoms with Gasteiger partial charge in [0.15, 0.2) is 0 Å². The maximum Gasteiger partial charge on any atom is 0.337 e. The van der Waals surface area contributed by atoms with Crippen molar-refractivity contribution in [3.63, 3.8) is 0 Å². The van der Waals surface area contributed by atoms with Gasteiger partial charge in [0.1, 0.15) is 0 Å². The summed E-state index contributed by atoms with van der Waals surface area (Å²) in [6.07, 6.45) is 0.436. The lowest BCUT2D eigenvalue weighted by Crippen LogP contribution is -2.28. The Morgan fingerprint density at radius 2 is 1.89 bits per heavy atom. The first-order valence-corrected chi connectivity index (χ1v) is 5.69. The first-order chi connectivity index (χ1) is 8.60. The van der Waals surface area contributed by atoms with E-state index in [1.807, 2.05) is 0 Å². The molecule has 0 aromatic heterocycles. The van der Waals surface area contributed by atoms with E-state index in [9.17, 15) is 9.59 Å². The molecule has 0 unspecified atom stereocenters. The molecule has 0 aliphatic heterocycles. The number of amides is 1. The van der Waals surface area contributed by atoms with E-state index < -0.39 is 0 Å². The first-order valence-electron chi connectivity index (χ1n) is 5.69. The lowest BCUT2D eigenvalue weighted by molar-refractivity contribution is -0.118. The summed E-state index contributed by atoms with van der Waals surface area (Å²) in [7, 11) is 4.85. The lowest BCUT2D eigenvalue weighted by Gasteiger charge is -2.17. The summed E-state index contributed by atoms with van der Waals surface area (Å²) in [5.41, 5.74) is 1.22. The van der Waals surface area contributed by atoms with Crippen LogP contribution in [0.5, 0.6) is 0 Å². The number of methoxy groups -OCH3 is 1. The van der Waals surface area contributed by atoms with Crippen LogP contribution in [0.4, 0.5) is 5.69 Å². The molecule has 1 N–H and O–H groups in total. The second-order valence-electron chi connectivity index (χ2n) is 3.84. The van der Waals surface area contributed by atoms with Crippen LogP contribution in [0.3, 0.4) is 0 Å². The first kappa shape index (κ1) is 14.2. The highest BCUT2D eigenvalue weighted by Crippen LogP contribution is 2.15. The summed E-state index contributed by atoms with van der Waals surface area (Å²) in [5, 5.41) is 2.93. The number of hydrogen-bond acceptors (Lipinski definition) is 4. The predicted octanol–water partition coefficient (Wildman–Crippen LogP) is 1.05. The summed E-state index contributed by atoms with van der Waals surface area (Å²) in [5.74, 6) is -0.360. The molecule has 1 aromatic rings. The van der Waals surface area contributed by atoms with Gasteiger partial charge in [-0.15, -0.1) is 0 Å². The predicted molar refractivity (Wildman–Crippen MR) is 69.7 cm³/mol. The molecule has 5 nitrogen and oxygen atoms in total. The van der Waals surface area contributed by atoms with E-state index in [1.165, 1.54) is 7.11 Å². The normalized spacial score (nSPS) is 9.94. The average molecular weight is 250 g/mol. The monoisotopic (exact) mass is 250 g/mol. The fourth-order valence-corrected chi connectivity index (χ4v) is 1.48. The average Bonchev–Trinajstić information content (AvgIpc) is 2.43. The summed E-state index contributed by atoms with van der Waals surface area (Å²) in [4.78, 5) is 24.6. The van der Waals surface area contributed by atoms with Crippen LogP contribution in [0.1, 0.15) is 16.8 Å². The largest absolute Gasteiger partial charge is 0.465 e. The van der Waals surface area contributed by atoms with E-state index in [2.05, 4.69) is 10.1 Å². The molecule has 1 aromatic carbocycles. The van der Waals surface area contributed by atoms with E-state index in [1.54, 1.807) is 43.3 Å². The molecule has 0 bridgehead atoms. The zero-order chi connectivity index (χ0) is 13.5. The molecule has 5 heteroatoms. The molecule has 0 saturated carbocycles. The van der Waals surface area contributed by atoms with Gasteiger partial charge in [-0.25, -0.2) is 4.79 Å². The highest BCUT2D eigenvalue weighted by atomic mass is 16.5. The van der Waals surface area contributed by atoms with Crippen molar-refractivity contribution in [3.8, 4) is 0 Å². The van der Waals surface area contributed by atoms with Crippen molar-refractivity contribution in [2.75, 3.05) is 32.6 Å². The van der Waals surface area contributed by atoms with Crippen molar-refractivity contribution in [1.29, 1.82) is 0 Å². The molecule has 98 valence electrons. The highest BCUT2D eigenvalue weighted by Gasteiger charge is 2.11. The van der Waals surface area contributed by atoms with Gasteiger partial charge in [0.2, 0.25) is 5.91 Å². The molecule has 0 radical (unpaired) electrons. The van der Waals surface area contributed by atoms with Crippen LogP contribution >= 0.6 is 0 Å². The molecule has 0 fully saturated rings. The zero-order valence-corrected chi connectivity index (χ0v) is 10.9. The second-order valence-corrected chi connectivity index (χ2v) is 3.84. The third kappa shape index (κ3) is 3.56. The van der Waals surface area contributed by atoms with Gasteiger partial charge in [-0.05, 0) is 31.3 Å². The molecule has 1 amide bonds. The minimum atomic E-state index is -0.384. The van der Waals surface area contributed by atoms with Gasteiger partial charge in [0.25, 0.3) is 0 Å². The Labute approximate surface area is 107 Å². The zero-order valence-electron chi connectivity index (χ0n) is 10.9. The number of nitrogens with one attached hydrogen (secondary N) is 1. The summed E-state index contributed by atoms with van der Waals surface area (Å²) >= 11 is 0. The standard InChI is InChI=1S/C13H18N2O3/c1-14-9-8-12(16)15(2)11-6-4-10(5-7-11)13(17)18-3/h4-7,14H,8-9H2,1-3H3. The van der Waals surface area contributed by atoms with Crippen molar-refractivity contribution in [2.45, 2.75) is 6.42 Å². The van der Waals surface area contributed by atoms with E-state index in [-0.39, 0.29) is 11.9 Å².